The third-order valence-electron chi connectivity index (χ3n) is 7.64. The van der Waals surface area contributed by atoms with E-state index in [9.17, 15) is 8.78 Å². The maximum absolute atomic E-state index is 14.1. The van der Waals surface area contributed by atoms with Crippen molar-refractivity contribution in [1.29, 1.82) is 5.26 Å². The number of hydrogen-bond acceptors (Lipinski definition) is 4. The van der Waals surface area contributed by atoms with Crippen molar-refractivity contribution < 1.29 is 52.4 Å². The van der Waals surface area contributed by atoms with Gasteiger partial charge in [-0.05, 0) is 22.3 Å². The van der Waals surface area contributed by atoms with E-state index in [2.05, 4.69) is 29.2 Å². The molecule has 0 unspecified atom stereocenters. The van der Waals surface area contributed by atoms with Crippen LogP contribution < -0.4 is 35.3 Å². The quantitative estimate of drug-likeness (QED) is 0.294. The molecule has 0 amide bonds. The number of likely N-dealkylation sites (tertiary alicyclic amines) is 2. The van der Waals surface area contributed by atoms with Crippen molar-refractivity contribution in [2.75, 3.05) is 32.7 Å². The van der Waals surface area contributed by atoms with Crippen LogP contribution in [0.3, 0.4) is 0 Å². The van der Waals surface area contributed by atoms with E-state index in [1.165, 1.54) is 11.1 Å². The zero-order valence-corrected chi connectivity index (χ0v) is 29.6. The number of nitrogens with two attached hydrogens (primary N) is 1. The predicted octanol–water partition coefficient (Wildman–Crippen LogP) is 4.19. The summed E-state index contributed by atoms with van der Waals surface area (Å²) < 4.78 is 28.0. The molecular formula is C34H35BCl2F2N4NaNi. The van der Waals surface area contributed by atoms with Gasteiger partial charge in [-0.2, -0.15) is 5.26 Å². The van der Waals surface area contributed by atoms with Crippen molar-refractivity contribution in [3.8, 4) is 6.07 Å². The van der Waals surface area contributed by atoms with Crippen molar-refractivity contribution in [1.82, 2.24) is 9.80 Å². The number of nitriles is 1. The molecule has 2 N–H and O–H groups in total. The Balaban J connectivity index is 0.000000400. The molecule has 2 saturated heterocycles. The minimum absolute atomic E-state index is 0. The third-order valence-corrected chi connectivity index (χ3v) is 7.64. The van der Waals surface area contributed by atoms with E-state index in [0.717, 1.165) is 11.1 Å². The topological polar surface area (TPSA) is 56.3 Å². The largest absolute Gasteiger partial charge is 1.00 e. The normalized spacial score (nSPS) is 16.2. The van der Waals surface area contributed by atoms with Gasteiger partial charge in [0.1, 0.15) is 11.7 Å². The number of rotatable bonds is 7. The summed E-state index contributed by atoms with van der Waals surface area (Å²) in [5.41, 5.74) is 7.23. The summed E-state index contributed by atoms with van der Waals surface area (Å²) in [6.07, 6.45) is 0. The first-order chi connectivity index (χ1) is 20.8. The second-order valence-electron chi connectivity index (χ2n) is 10.7. The van der Waals surface area contributed by atoms with E-state index < -0.39 is 11.3 Å². The number of nitrogens with zero attached hydrogens (tertiary/aromatic N) is 3. The summed E-state index contributed by atoms with van der Waals surface area (Å²) in [5.74, 6) is 0. The second-order valence-corrected chi connectivity index (χ2v) is 12.4. The van der Waals surface area contributed by atoms with E-state index in [1.54, 1.807) is 6.07 Å². The van der Waals surface area contributed by atoms with Gasteiger partial charge in [0.05, 0.1) is 12.1 Å². The zero-order chi connectivity index (χ0) is 30.7. The van der Waals surface area contributed by atoms with E-state index in [0.29, 0.717) is 25.7 Å². The van der Waals surface area contributed by atoms with Crippen LogP contribution in [0.5, 0.6) is 0 Å². The predicted molar refractivity (Wildman–Crippen MR) is 174 cm³/mol. The molecule has 45 heavy (non-hydrogen) atoms. The maximum Gasteiger partial charge on any atom is 1.00 e. The standard InChI is InChI=1S/C17H19FN2.C17H15FN2.B.2ClH.Na.Ni.H/c2*18-17(11-19)12-20(13-17)16(14-7-3-1-4-8-14)15-9-5-2-6-10-15;;;;;;/h1-10,16H,11-13,19H2;1-10,16H,12-13H2;;2*1H;;;/q;;;;;+1;+2;-1/p-2. The monoisotopic (exact) mass is 699 g/mol. The van der Waals surface area contributed by atoms with E-state index in [1.807, 2.05) is 102 Å². The molecule has 2 fully saturated rings. The Morgan fingerprint density at radius 2 is 0.956 bits per heavy atom. The first-order valence-electron chi connectivity index (χ1n) is 13.8. The van der Waals surface area contributed by atoms with Gasteiger partial charge in [0.2, 0.25) is 5.67 Å². The molecule has 11 heteroatoms. The third kappa shape index (κ3) is 10.6. The Labute approximate surface area is 305 Å². The van der Waals surface area contributed by atoms with Crippen LogP contribution in [0.15, 0.2) is 121 Å². The van der Waals surface area contributed by atoms with Crippen LogP contribution in [-0.2, 0) is 12.7 Å². The van der Waals surface area contributed by atoms with Gasteiger partial charge in [0.15, 0.2) is 0 Å². The van der Waals surface area contributed by atoms with Gasteiger partial charge >= 0.3 is 62.6 Å². The van der Waals surface area contributed by atoms with Crippen molar-refractivity contribution in [3.63, 3.8) is 0 Å². The van der Waals surface area contributed by atoms with Crippen LogP contribution in [0, 0.1) is 11.3 Å². The van der Waals surface area contributed by atoms with Crippen LogP contribution in [0.2, 0.25) is 0 Å². The molecule has 0 atom stereocenters. The maximum atomic E-state index is 14.1. The molecule has 3 radical (unpaired) electrons. The molecule has 0 aromatic heterocycles. The summed E-state index contributed by atoms with van der Waals surface area (Å²) in [6, 6.07) is 42.4. The van der Waals surface area contributed by atoms with Gasteiger partial charge < -0.3 is 7.16 Å². The summed E-state index contributed by atoms with van der Waals surface area (Å²) in [4.78, 5) is 4.16. The van der Waals surface area contributed by atoms with Gasteiger partial charge in [-0.15, -0.1) is 0 Å². The molecule has 0 spiro atoms. The average molecular weight is 701 g/mol. The van der Waals surface area contributed by atoms with Gasteiger partial charge in [0, 0.05) is 41.1 Å². The molecule has 2 heterocycles. The first-order valence-corrected chi connectivity index (χ1v) is 16.6. The van der Waals surface area contributed by atoms with Crippen LogP contribution >= 0.6 is 20.4 Å². The molecule has 4 aromatic carbocycles. The Hall–Kier alpha value is -1.75. The van der Waals surface area contributed by atoms with Crippen LogP contribution in [0.1, 0.15) is 35.8 Å². The van der Waals surface area contributed by atoms with E-state index in [4.69, 9.17) is 31.4 Å². The average Bonchev–Trinajstić information content (AvgIpc) is 3.02. The summed E-state index contributed by atoms with van der Waals surface area (Å²) >= 11 is 0.569. The molecule has 233 valence electrons. The molecule has 0 bridgehead atoms. The van der Waals surface area contributed by atoms with Crippen molar-refractivity contribution in [2.24, 2.45) is 5.73 Å². The first kappa shape index (κ1) is 39.4. The van der Waals surface area contributed by atoms with Crippen molar-refractivity contribution >= 4 is 28.8 Å². The fourth-order valence-electron chi connectivity index (χ4n) is 5.61. The van der Waals surface area contributed by atoms with Crippen LogP contribution in [-0.4, -0.2) is 62.3 Å². The number of benzene rings is 4. The van der Waals surface area contributed by atoms with Crippen LogP contribution in [0.25, 0.3) is 0 Å². The molecule has 2 aliphatic rings. The fourth-order valence-corrected chi connectivity index (χ4v) is 5.61. The van der Waals surface area contributed by atoms with Gasteiger partial charge in [0.25, 0.3) is 0 Å². The molecule has 4 nitrogen and oxygen atoms in total. The number of alkyl halides is 2. The minimum Gasteiger partial charge on any atom is -1.00 e. The summed E-state index contributed by atoms with van der Waals surface area (Å²) in [7, 11) is 9.40. The molecule has 6 rings (SSSR count). The molecule has 2 aliphatic heterocycles. The Kier molecular flexibility index (Phi) is 16.8. The van der Waals surface area contributed by atoms with Gasteiger partial charge in [-0.1, -0.05) is 121 Å². The van der Waals surface area contributed by atoms with Crippen molar-refractivity contribution in [2.45, 2.75) is 23.4 Å². The minimum atomic E-state index is -1.69. The summed E-state index contributed by atoms with van der Waals surface area (Å²) in [6.45, 7) is 1.23. The molecule has 0 saturated carbocycles. The molecule has 0 aliphatic carbocycles. The van der Waals surface area contributed by atoms with E-state index >= 15 is 0 Å². The Morgan fingerprint density at radius 1 is 0.689 bits per heavy atom. The summed E-state index contributed by atoms with van der Waals surface area (Å²) in [5, 5.41) is 8.83. The van der Waals surface area contributed by atoms with Crippen LogP contribution in [0.4, 0.5) is 8.78 Å². The van der Waals surface area contributed by atoms with Crippen molar-refractivity contribution in [3.05, 3.63) is 144 Å². The SMILES string of the molecule is N#CC1(F)CN(C(c2ccccc2)c2ccccc2)C1.NCC1(F)CN(C(c2ccccc2)c2ccccc2)C1.[B].[Cl][Ni][Cl].[H-].[Na+]. The van der Waals surface area contributed by atoms with Gasteiger partial charge in [-0.25, -0.2) is 8.78 Å². The fraction of sp³-hybridized carbons (Fsp3) is 0.265. The van der Waals surface area contributed by atoms with Gasteiger partial charge in [-0.3, -0.25) is 9.80 Å². The van der Waals surface area contributed by atoms with E-state index in [-0.39, 0.29) is 71.1 Å². The number of halogens is 4. The zero-order valence-electron chi connectivity index (χ0n) is 26.1. The number of hydrogen-bond donors (Lipinski definition) is 1. The smallest absolute Gasteiger partial charge is 1.00 e. The Morgan fingerprint density at radius 3 is 1.20 bits per heavy atom. The molecule has 4 aromatic rings. The second kappa shape index (κ2) is 19.2. The Bertz CT molecular complexity index is 1360. The molecular weight excluding hydrogens is 666 g/mol.